The number of oxime groups is 1. The zero-order valence-corrected chi connectivity index (χ0v) is 11.6. The van der Waals surface area contributed by atoms with Crippen LogP contribution in [0.25, 0.3) is 0 Å². The van der Waals surface area contributed by atoms with Gasteiger partial charge in [-0.1, -0.05) is 31.1 Å². The van der Waals surface area contributed by atoms with E-state index in [0.717, 1.165) is 10.5 Å². The standard InChI is InChI=1S/C14H17N3O3/c1-8(2)12-13(18)17(14(19)15-12)11-6-4-10(5-7-11)9(3)16-20/h4-8,12,20H,1-3H3,(H,15,19). The third-order valence-corrected chi connectivity index (χ3v) is 3.33. The summed E-state index contributed by atoms with van der Waals surface area (Å²) < 4.78 is 0. The highest BCUT2D eigenvalue weighted by molar-refractivity contribution is 6.21. The number of urea groups is 1. The largest absolute Gasteiger partial charge is 0.411 e. The molecule has 1 aromatic rings. The van der Waals surface area contributed by atoms with Crippen LogP contribution in [0.15, 0.2) is 29.4 Å². The highest BCUT2D eigenvalue weighted by atomic mass is 16.4. The molecule has 0 spiro atoms. The Morgan fingerprint density at radius 3 is 2.35 bits per heavy atom. The molecular formula is C14H17N3O3. The SMILES string of the molecule is CC(=NO)c1ccc(N2C(=O)NC(C(C)C)C2=O)cc1. The zero-order chi connectivity index (χ0) is 14.9. The van der Waals surface area contributed by atoms with E-state index < -0.39 is 12.1 Å². The lowest BCUT2D eigenvalue weighted by molar-refractivity contribution is -0.119. The number of carbonyl (C=O) groups excluding carboxylic acids is 2. The van der Waals surface area contributed by atoms with Crippen molar-refractivity contribution in [1.29, 1.82) is 0 Å². The fourth-order valence-electron chi connectivity index (χ4n) is 2.10. The van der Waals surface area contributed by atoms with Crippen LogP contribution in [0.3, 0.4) is 0 Å². The molecule has 1 atom stereocenters. The van der Waals surface area contributed by atoms with Gasteiger partial charge in [-0.3, -0.25) is 4.79 Å². The first-order valence-electron chi connectivity index (χ1n) is 6.39. The van der Waals surface area contributed by atoms with Crippen LogP contribution in [0.1, 0.15) is 26.3 Å². The van der Waals surface area contributed by atoms with Crippen molar-refractivity contribution in [2.75, 3.05) is 4.90 Å². The quantitative estimate of drug-likeness (QED) is 0.383. The number of rotatable bonds is 3. The zero-order valence-electron chi connectivity index (χ0n) is 11.6. The summed E-state index contributed by atoms with van der Waals surface area (Å²) in [5, 5.41) is 14.5. The summed E-state index contributed by atoms with van der Waals surface area (Å²) in [6, 6.07) is 5.83. The second kappa shape index (κ2) is 5.32. The molecule has 0 bridgehead atoms. The Kier molecular flexibility index (Phi) is 3.74. The number of nitrogens with zero attached hydrogens (tertiary/aromatic N) is 2. The van der Waals surface area contributed by atoms with Crippen LogP contribution >= 0.6 is 0 Å². The normalized spacial score (nSPS) is 19.7. The average Bonchev–Trinajstić information content (AvgIpc) is 2.73. The van der Waals surface area contributed by atoms with Gasteiger partial charge < -0.3 is 10.5 Å². The summed E-state index contributed by atoms with van der Waals surface area (Å²) in [6.45, 7) is 5.44. The van der Waals surface area contributed by atoms with E-state index in [1.807, 2.05) is 13.8 Å². The third-order valence-electron chi connectivity index (χ3n) is 3.33. The molecule has 1 unspecified atom stereocenters. The molecule has 0 aliphatic carbocycles. The minimum Gasteiger partial charge on any atom is -0.411 e. The predicted molar refractivity (Wildman–Crippen MR) is 75.1 cm³/mol. The smallest absolute Gasteiger partial charge is 0.329 e. The molecule has 3 amide bonds. The van der Waals surface area contributed by atoms with Crippen LogP contribution in [0.5, 0.6) is 0 Å². The Morgan fingerprint density at radius 2 is 1.90 bits per heavy atom. The summed E-state index contributed by atoms with van der Waals surface area (Å²) in [4.78, 5) is 25.3. The highest BCUT2D eigenvalue weighted by Gasteiger charge is 2.40. The monoisotopic (exact) mass is 275 g/mol. The van der Waals surface area contributed by atoms with Gasteiger partial charge in [-0.25, -0.2) is 9.69 Å². The van der Waals surface area contributed by atoms with Gasteiger partial charge in [0.05, 0.1) is 11.4 Å². The van der Waals surface area contributed by atoms with Gasteiger partial charge in [0.25, 0.3) is 5.91 Å². The van der Waals surface area contributed by atoms with Crippen molar-refractivity contribution in [3.05, 3.63) is 29.8 Å². The number of imide groups is 1. The average molecular weight is 275 g/mol. The summed E-state index contributed by atoms with van der Waals surface area (Å²) in [5.41, 5.74) is 1.70. The van der Waals surface area contributed by atoms with E-state index in [1.54, 1.807) is 31.2 Å². The number of carbonyl (C=O) groups is 2. The Balaban J connectivity index is 2.28. The molecule has 1 aromatic carbocycles. The molecule has 1 heterocycles. The molecule has 2 rings (SSSR count). The van der Waals surface area contributed by atoms with Gasteiger partial charge in [0.2, 0.25) is 0 Å². The van der Waals surface area contributed by atoms with Crippen molar-refractivity contribution in [3.63, 3.8) is 0 Å². The van der Waals surface area contributed by atoms with Gasteiger partial charge in [-0.05, 0) is 30.5 Å². The lowest BCUT2D eigenvalue weighted by atomic mass is 10.0. The fourth-order valence-corrected chi connectivity index (χ4v) is 2.10. The van der Waals surface area contributed by atoms with Crippen molar-refractivity contribution < 1.29 is 14.8 Å². The second-order valence-corrected chi connectivity index (χ2v) is 5.08. The van der Waals surface area contributed by atoms with Gasteiger partial charge >= 0.3 is 6.03 Å². The van der Waals surface area contributed by atoms with Crippen LogP contribution in [0.2, 0.25) is 0 Å². The lowest BCUT2D eigenvalue weighted by Gasteiger charge is -2.14. The van der Waals surface area contributed by atoms with E-state index in [4.69, 9.17) is 5.21 Å². The predicted octanol–water partition coefficient (Wildman–Crippen LogP) is 1.97. The molecule has 1 aliphatic rings. The van der Waals surface area contributed by atoms with Gasteiger partial charge in [-0.2, -0.15) is 0 Å². The Morgan fingerprint density at radius 1 is 1.30 bits per heavy atom. The molecule has 6 heteroatoms. The molecule has 1 aliphatic heterocycles. The molecule has 106 valence electrons. The van der Waals surface area contributed by atoms with E-state index in [-0.39, 0.29) is 11.8 Å². The number of benzene rings is 1. The number of nitrogens with one attached hydrogen (secondary N) is 1. The molecule has 1 saturated heterocycles. The Bertz CT molecular complexity index is 564. The van der Waals surface area contributed by atoms with E-state index >= 15 is 0 Å². The summed E-state index contributed by atoms with van der Waals surface area (Å²) in [5.74, 6) is -0.204. The maximum atomic E-state index is 12.2. The highest BCUT2D eigenvalue weighted by Crippen LogP contribution is 2.22. The van der Waals surface area contributed by atoms with Gasteiger partial charge in [0.1, 0.15) is 6.04 Å². The van der Waals surface area contributed by atoms with Crippen molar-refractivity contribution in [1.82, 2.24) is 5.32 Å². The van der Waals surface area contributed by atoms with Crippen LogP contribution in [0, 0.1) is 5.92 Å². The first-order valence-corrected chi connectivity index (χ1v) is 6.39. The molecule has 2 N–H and O–H groups in total. The molecular weight excluding hydrogens is 258 g/mol. The maximum absolute atomic E-state index is 12.2. The van der Waals surface area contributed by atoms with Crippen molar-refractivity contribution in [3.8, 4) is 0 Å². The molecule has 1 fully saturated rings. The van der Waals surface area contributed by atoms with Crippen LogP contribution < -0.4 is 10.2 Å². The summed E-state index contributed by atoms with van der Waals surface area (Å²) in [6.07, 6.45) is 0. The van der Waals surface area contributed by atoms with Crippen LogP contribution in [0.4, 0.5) is 10.5 Å². The summed E-state index contributed by atoms with van der Waals surface area (Å²) >= 11 is 0. The van der Waals surface area contributed by atoms with E-state index in [1.165, 1.54) is 0 Å². The van der Waals surface area contributed by atoms with Crippen molar-refractivity contribution in [2.24, 2.45) is 11.1 Å². The molecule has 0 aromatic heterocycles. The number of hydrogen-bond donors (Lipinski definition) is 2. The first kappa shape index (κ1) is 14.0. The number of hydrogen-bond acceptors (Lipinski definition) is 4. The van der Waals surface area contributed by atoms with E-state index in [0.29, 0.717) is 11.4 Å². The minimum atomic E-state index is -0.483. The van der Waals surface area contributed by atoms with E-state index in [9.17, 15) is 9.59 Å². The molecule has 6 nitrogen and oxygen atoms in total. The van der Waals surface area contributed by atoms with Crippen molar-refractivity contribution >= 4 is 23.3 Å². The molecule has 0 radical (unpaired) electrons. The number of amides is 3. The van der Waals surface area contributed by atoms with Gasteiger partial charge in [-0.15, -0.1) is 0 Å². The lowest BCUT2D eigenvalue weighted by Crippen LogP contribution is -2.34. The Hall–Kier alpha value is -2.37. The second-order valence-electron chi connectivity index (χ2n) is 5.08. The van der Waals surface area contributed by atoms with E-state index in [2.05, 4.69) is 10.5 Å². The van der Waals surface area contributed by atoms with Crippen LogP contribution in [-0.4, -0.2) is 28.9 Å². The minimum absolute atomic E-state index is 0.0412. The maximum Gasteiger partial charge on any atom is 0.329 e. The topological polar surface area (TPSA) is 82.0 Å². The fraction of sp³-hybridized carbons (Fsp3) is 0.357. The molecule has 0 saturated carbocycles. The van der Waals surface area contributed by atoms with Gasteiger partial charge in [0.15, 0.2) is 0 Å². The van der Waals surface area contributed by atoms with Gasteiger partial charge in [0, 0.05) is 0 Å². The third kappa shape index (κ3) is 2.36. The summed E-state index contributed by atoms with van der Waals surface area (Å²) in [7, 11) is 0. The first-order chi connectivity index (χ1) is 9.45. The Labute approximate surface area is 117 Å². The molecule has 20 heavy (non-hydrogen) atoms. The number of anilines is 1. The van der Waals surface area contributed by atoms with Crippen LogP contribution in [-0.2, 0) is 4.79 Å². The van der Waals surface area contributed by atoms with Crippen molar-refractivity contribution in [2.45, 2.75) is 26.8 Å².